The van der Waals surface area contributed by atoms with Crippen molar-refractivity contribution in [2.24, 2.45) is 7.05 Å². The van der Waals surface area contributed by atoms with Crippen molar-refractivity contribution in [2.45, 2.75) is 37.8 Å². The molecule has 8 nitrogen and oxygen atoms in total. The van der Waals surface area contributed by atoms with Crippen LogP contribution in [0.3, 0.4) is 0 Å². The van der Waals surface area contributed by atoms with Crippen LogP contribution in [0, 0.1) is 17.5 Å². The molecule has 184 valence electrons. The van der Waals surface area contributed by atoms with Gasteiger partial charge in [-0.15, -0.1) is 10.2 Å². The second kappa shape index (κ2) is 8.66. The van der Waals surface area contributed by atoms with Crippen LogP contribution in [0.15, 0.2) is 43.1 Å². The molecule has 1 saturated heterocycles. The second-order valence-electron chi connectivity index (χ2n) is 9.26. The molecule has 0 amide bonds. The van der Waals surface area contributed by atoms with Gasteiger partial charge in [0, 0.05) is 30.4 Å². The van der Waals surface area contributed by atoms with Gasteiger partial charge in [-0.1, -0.05) is 0 Å². The van der Waals surface area contributed by atoms with E-state index in [1.165, 1.54) is 0 Å². The average Bonchev–Trinajstić information content (AvgIpc) is 3.51. The molecule has 2 atom stereocenters. The van der Waals surface area contributed by atoms with Crippen LogP contribution >= 0.6 is 0 Å². The van der Waals surface area contributed by atoms with Gasteiger partial charge >= 0.3 is 0 Å². The molecule has 0 saturated carbocycles. The van der Waals surface area contributed by atoms with E-state index in [0.717, 1.165) is 48.3 Å². The Balaban J connectivity index is 1.32. The molecule has 0 N–H and O–H groups in total. The van der Waals surface area contributed by atoms with Crippen molar-refractivity contribution in [3.8, 4) is 16.9 Å². The Morgan fingerprint density at radius 1 is 1.08 bits per heavy atom. The number of aromatic nitrogens is 6. The Hall–Kier alpha value is -3.86. The number of hydrogen-bond donors (Lipinski definition) is 0. The maximum atomic E-state index is 14.0. The first kappa shape index (κ1) is 22.6. The first-order valence-electron chi connectivity index (χ1n) is 11.7. The number of carbonyl (C=O) groups is 1. The fourth-order valence-corrected chi connectivity index (χ4v) is 5.55. The van der Waals surface area contributed by atoms with E-state index in [1.54, 1.807) is 47.3 Å². The zero-order valence-electron chi connectivity index (χ0n) is 19.4. The number of Topliss-reactive ketones (excluding diaryl/α,β-unsaturated/α-hetero) is 1. The summed E-state index contributed by atoms with van der Waals surface area (Å²) in [5.41, 5.74) is 3.62. The molecule has 11 heteroatoms. The number of fused-ring (bicyclic) bond motifs is 4. The smallest absolute Gasteiger partial charge is 0.195 e. The third-order valence-electron chi connectivity index (χ3n) is 7.15. The lowest BCUT2D eigenvalue weighted by Crippen LogP contribution is -2.48. The number of ketones is 1. The first-order chi connectivity index (χ1) is 17.4. The van der Waals surface area contributed by atoms with Crippen molar-refractivity contribution < 1.29 is 18.0 Å². The van der Waals surface area contributed by atoms with E-state index in [4.69, 9.17) is 5.10 Å². The molecule has 0 aliphatic carbocycles. The number of hydrogen-bond acceptors (Lipinski definition) is 6. The third kappa shape index (κ3) is 3.70. The maximum Gasteiger partial charge on any atom is 0.195 e. The predicted molar refractivity (Wildman–Crippen MR) is 123 cm³/mol. The zero-order chi connectivity index (χ0) is 25.0. The number of halogens is 3. The Bertz CT molecular complexity index is 1440. The number of aryl methyl sites for hydroxylation is 1. The summed E-state index contributed by atoms with van der Waals surface area (Å²) in [5.74, 6) is -4.06. The summed E-state index contributed by atoms with van der Waals surface area (Å²) in [6, 6.07) is 5.48. The SMILES string of the molecule is Cn1nc2c(c1-c1cc(F)c(F)c(F)c1)CC1CCCC2N1CC(=O)c1cc(-n2cnnc2)ccn1. The van der Waals surface area contributed by atoms with Crippen molar-refractivity contribution in [1.29, 1.82) is 0 Å². The van der Waals surface area contributed by atoms with Gasteiger partial charge in [-0.3, -0.25) is 23.9 Å². The molecule has 3 aromatic heterocycles. The van der Waals surface area contributed by atoms with Gasteiger partial charge in [0.1, 0.15) is 18.3 Å². The number of rotatable bonds is 5. The topological polar surface area (TPSA) is 81.7 Å². The minimum atomic E-state index is -1.49. The predicted octanol–water partition coefficient (Wildman–Crippen LogP) is 3.81. The molecule has 1 aromatic carbocycles. The molecule has 0 spiro atoms. The number of nitrogens with zero attached hydrogens (tertiary/aromatic N) is 7. The van der Waals surface area contributed by atoms with Crippen LogP contribution < -0.4 is 0 Å². The summed E-state index contributed by atoms with van der Waals surface area (Å²) < 4.78 is 44.9. The van der Waals surface area contributed by atoms with Gasteiger partial charge in [-0.2, -0.15) is 5.10 Å². The molecule has 5 heterocycles. The Kier molecular flexibility index (Phi) is 5.44. The number of carbonyl (C=O) groups excluding carboxylic acids is 1. The van der Waals surface area contributed by atoms with Gasteiger partial charge in [0.25, 0.3) is 0 Å². The van der Waals surface area contributed by atoms with Gasteiger partial charge in [0.2, 0.25) is 0 Å². The normalized spacial score (nSPS) is 19.3. The Labute approximate surface area is 204 Å². The van der Waals surface area contributed by atoms with E-state index in [9.17, 15) is 18.0 Å². The van der Waals surface area contributed by atoms with E-state index < -0.39 is 17.5 Å². The highest BCUT2D eigenvalue weighted by Crippen LogP contribution is 2.44. The van der Waals surface area contributed by atoms with E-state index in [-0.39, 0.29) is 30.0 Å². The molecular formula is C25H22F3N7O. The summed E-state index contributed by atoms with van der Waals surface area (Å²) in [6.07, 6.45) is 7.97. The van der Waals surface area contributed by atoms with Crippen LogP contribution in [0.2, 0.25) is 0 Å². The maximum absolute atomic E-state index is 14.0. The molecule has 2 bridgehead atoms. The summed E-state index contributed by atoms with van der Waals surface area (Å²) in [6.45, 7) is 0.180. The van der Waals surface area contributed by atoms with Crippen LogP contribution in [0.4, 0.5) is 13.2 Å². The molecule has 2 aliphatic heterocycles. The third-order valence-corrected chi connectivity index (χ3v) is 7.15. The molecular weight excluding hydrogens is 471 g/mol. The van der Waals surface area contributed by atoms with E-state index >= 15 is 0 Å². The standard InChI is InChI=1S/C25H22F3N7O/c1-33-25(14-7-18(26)23(28)19(27)8-14)17-9-16-3-2-4-21(24(17)32-33)35(16)11-22(36)20-10-15(5-6-29-20)34-12-30-31-13-34/h5-8,10,12-13,16,21H,2-4,9,11H2,1H3. The van der Waals surface area contributed by atoms with Crippen molar-refractivity contribution in [3.63, 3.8) is 0 Å². The number of piperidine rings is 1. The number of pyridine rings is 1. The zero-order valence-corrected chi connectivity index (χ0v) is 19.4. The fourth-order valence-electron chi connectivity index (χ4n) is 5.55. The highest BCUT2D eigenvalue weighted by Gasteiger charge is 2.42. The molecule has 4 aromatic rings. The van der Waals surface area contributed by atoms with E-state index in [1.807, 2.05) is 0 Å². The Morgan fingerprint density at radius 2 is 1.83 bits per heavy atom. The fraction of sp³-hybridized carbons (Fsp3) is 0.320. The summed E-state index contributed by atoms with van der Waals surface area (Å²) in [7, 11) is 1.71. The minimum Gasteiger partial charge on any atom is -0.291 e. The van der Waals surface area contributed by atoms with Crippen molar-refractivity contribution in [2.75, 3.05) is 6.54 Å². The summed E-state index contributed by atoms with van der Waals surface area (Å²) in [4.78, 5) is 19.7. The molecule has 2 aliphatic rings. The highest BCUT2D eigenvalue weighted by atomic mass is 19.2. The number of benzene rings is 1. The molecule has 2 unspecified atom stereocenters. The van der Waals surface area contributed by atoms with Crippen LogP contribution in [-0.4, -0.2) is 52.8 Å². The summed E-state index contributed by atoms with van der Waals surface area (Å²) >= 11 is 0. The lowest BCUT2D eigenvalue weighted by Gasteiger charge is -2.45. The molecule has 6 rings (SSSR count). The average molecular weight is 493 g/mol. The van der Waals surface area contributed by atoms with E-state index in [0.29, 0.717) is 17.8 Å². The molecule has 1 fully saturated rings. The quantitative estimate of drug-likeness (QED) is 0.311. The lowest BCUT2D eigenvalue weighted by molar-refractivity contribution is 0.0559. The molecule has 0 radical (unpaired) electrons. The summed E-state index contributed by atoms with van der Waals surface area (Å²) in [5, 5.41) is 12.3. The molecule has 36 heavy (non-hydrogen) atoms. The van der Waals surface area contributed by atoms with Crippen LogP contribution in [0.25, 0.3) is 16.9 Å². The largest absolute Gasteiger partial charge is 0.291 e. The van der Waals surface area contributed by atoms with Gasteiger partial charge < -0.3 is 0 Å². The minimum absolute atomic E-state index is 0.0688. The van der Waals surface area contributed by atoms with Crippen molar-refractivity contribution >= 4 is 5.78 Å². The lowest BCUT2D eigenvalue weighted by atomic mass is 9.81. The van der Waals surface area contributed by atoms with Crippen LogP contribution in [-0.2, 0) is 13.5 Å². The van der Waals surface area contributed by atoms with Crippen molar-refractivity contribution in [1.82, 2.24) is 34.4 Å². The van der Waals surface area contributed by atoms with Crippen LogP contribution in [0.5, 0.6) is 0 Å². The first-order valence-corrected chi connectivity index (χ1v) is 11.7. The second-order valence-corrected chi connectivity index (χ2v) is 9.26. The van der Waals surface area contributed by atoms with Crippen molar-refractivity contribution in [3.05, 3.63) is 77.5 Å². The van der Waals surface area contributed by atoms with Gasteiger partial charge in [-0.05, 0) is 49.9 Å². The Morgan fingerprint density at radius 3 is 2.58 bits per heavy atom. The highest BCUT2D eigenvalue weighted by molar-refractivity contribution is 5.96. The van der Waals surface area contributed by atoms with Gasteiger partial charge in [0.15, 0.2) is 23.2 Å². The monoisotopic (exact) mass is 493 g/mol. The van der Waals surface area contributed by atoms with Gasteiger partial charge in [0.05, 0.1) is 29.7 Å². The van der Waals surface area contributed by atoms with Crippen LogP contribution in [0.1, 0.15) is 47.1 Å². The van der Waals surface area contributed by atoms with Gasteiger partial charge in [-0.25, -0.2) is 13.2 Å². The van der Waals surface area contributed by atoms with E-state index in [2.05, 4.69) is 20.1 Å².